The maximum absolute atomic E-state index is 13.2. The van der Waals surface area contributed by atoms with Gasteiger partial charge in [0.1, 0.15) is 4.83 Å². The molecule has 174 valence electrons. The van der Waals surface area contributed by atoms with E-state index in [4.69, 9.17) is 4.74 Å². The maximum atomic E-state index is 13.2. The predicted molar refractivity (Wildman–Crippen MR) is 134 cm³/mol. The van der Waals surface area contributed by atoms with Gasteiger partial charge in [-0.3, -0.25) is 14.2 Å². The highest BCUT2D eigenvalue weighted by atomic mass is 32.1. The molecular formula is C26H25N3O4S. The van der Waals surface area contributed by atoms with Crippen molar-refractivity contribution in [3.8, 4) is 0 Å². The zero-order valence-electron chi connectivity index (χ0n) is 19.4. The minimum absolute atomic E-state index is 0.193. The number of hydrogen-bond acceptors (Lipinski definition) is 6. The summed E-state index contributed by atoms with van der Waals surface area (Å²) < 4.78 is 6.71. The van der Waals surface area contributed by atoms with E-state index >= 15 is 0 Å². The van der Waals surface area contributed by atoms with Crippen molar-refractivity contribution in [2.45, 2.75) is 40.3 Å². The van der Waals surface area contributed by atoms with Crippen LogP contribution in [0.1, 0.15) is 50.6 Å². The van der Waals surface area contributed by atoms with E-state index in [1.54, 1.807) is 45.0 Å². The Labute approximate surface area is 201 Å². The summed E-state index contributed by atoms with van der Waals surface area (Å²) in [6, 6.07) is 14.5. The van der Waals surface area contributed by atoms with Crippen LogP contribution in [0, 0.1) is 13.8 Å². The Morgan fingerprint density at radius 1 is 1.09 bits per heavy atom. The molecule has 4 aromatic rings. The SMILES string of the molecule is Cc1ccccc1NC(=O)c1sc2ncn(Cc3ccc(C(=O)OC(C)C)cc3)c(=O)c2c1C. The standard InChI is InChI=1S/C26H25N3O4S/c1-15(2)33-26(32)19-11-9-18(10-12-19)13-29-14-27-24-21(25(29)31)17(4)22(34-24)23(30)28-20-8-6-5-7-16(20)3/h5-12,14-15H,13H2,1-4H3,(H,28,30). The number of carbonyl (C=O) groups excluding carboxylic acids is 2. The Balaban J connectivity index is 1.59. The number of rotatable bonds is 6. The molecule has 0 aliphatic rings. The monoisotopic (exact) mass is 475 g/mol. The number of para-hydroxylation sites is 1. The Morgan fingerprint density at radius 3 is 2.47 bits per heavy atom. The predicted octanol–water partition coefficient (Wildman–Crippen LogP) is 4.94. The van der Waals surface area contributed by atoms with Gasteiger partial charge in [-0.05, 0) is 62.6 Å². The van der Waals surface area contributed by atoms with Gasteiger partial charge < -0.3 is 10.1 Å². The first-order chi connectivity index (χ1) is 16.2. The van der Waals surface area contributed by atoms with Crippen LogP contribution in [0.15, 0.2) is 59.7 Å². The number of aryl methyl sites for hydroxylation is 2. The number of ether oxygens (including phenoxy) is 1. The number of nitrogens with one attached hydrogen (secondary N) is 1. The molecule has 0 unspecified atom stereocenters. The van der Waals surface area contributed by atoms with Crippen molar-refractivity contribution in [1.29, 1.82) is 0 Å². The molecule has 2 aromatic carbocycles. The quantitative estimate of drug-likeness (QED) is 0.399. The van der Waals surface area contributed by atoms with Crippen molar-refractivity contribution in [3.05, 3.63) is 92.3 Å². The highest BCUT2D eigenvalue weighted by molar-refractivity contribution is 7.20. The molecule has 2 heterocycles. The number of carbonyl (C=O) groups is 2. The molecule has 0 saturated carbocycles. The first-order valence-electron chi connectivity index (χ1n) is 10.9. The Kier molecular flexibility index (Phi) is 6.61. The summed E-state index contributed by atoms with van der Waals surface area (Å²) in [6.45, 7) is 7.58. The topological polar surface area (TPSA) is 90.3 Å². The summed E-state index contributed by atoms with van der Waals surface area (Å²) in [4.78, 5) is 43.6. The second kappa shape index (κ2) is 9.61. The molecule has 2 aromatic heterocycles. The van der Waals surface area contributed by atoms with E-state index in [1.165, 1.54) is 22.2 Å². The van der Waals surface area contributed by atoms with Crippen molar-refractivity contribution in [2.75, 3.05) is 5.32 Å². The van der Waals surface area contributed by atoms with Crippen LogP contribution in [-0.4, -0.2) is 27.5 Å². The number of anilines is 1. The maximum Gasteiger partial charge on any atom is 0.338 e. The Bertz CT molecular complexity index is 1430. The fraction of sp³-hybridized carbons (Fsp3) is 0.231. The lowest BCUT2D eigenvalue weighted by Crippen LogP contribution is -2.21. The Morgan fingerprint density at radius 2 is 1.79 bits per heavy atom. The lowest BCUT2D eigenvalue weighted by Gasteiger charge is -2.09. The average Bonchev–Trinajstić information content (AvgIpc) is 3.14. The molecule has 0 atom stereocenters. The smallest absolute Gasteiger partial charge is 0.338 e. The molecule has 0 aliphatic carbocycles. The first kappa shape index (κ1) is 23.4. The minimum atomic E-state index is -0.382. The van der Waals surface area contributed by atoms with Crippen molar-refractivity contribution in [1.82, 2.24) is 9.55 Å². The van der Waals surface area contributed by atoms with Crippen LogP contribution in [0.25, 0.3) is 10.2 Å². The number of amides is 1. The van der Waals surface area contributed by atoms with Gasteiger partial charge in [-0.25, -0.2) is 9.78 Å². The van der Waals surface area contributed by atoms with E-state index in [2.05, 4.69) is 10.3 Å². The number of fused-ring (bicyclic) bond motifs is 1. The largest absolute Gasteiger partial charge is 0.459 e. The molecule has 0 radical (unpaired) electrons. The zero-order chi connectivity index (χ0) is 24.4. The summed E-state index contributed by atoms with van der Waals surface area (Å²) in [5.41, 5.74) is 3.39. The van der Waals surface area contributed by atoms with Crippen LogP contribution in [0.3, 0.4) is 0 Å². The van der Waals surface area contributed by atoms with Gasteiger partial charge in [0.15, 0.2) is 0 Å². The van der Waals surface area contributed by atoms with E-state index in [-0.39, 0.29) is 23.5 Å². The minimum Gasteiger partial charge on any atom is -0.459 e. The van der Waals surface area contributed by atoms with Gasteiger partial charge >= 0.3 is 5.97 Å². The average molecular weight is 476 g/mol. The number of nitrogens with zero attached hydrogens (tertiary/aromatic N) is 2. The fourth-order valence-corrected chi connectivity index (χ4v) is 4.64. The van der Waals surface area contributed by atoms with E-state index in [9.17, 15) is 14.4 Å². The third-order valence-corrected chi connectivity index (χ3v) is 6.60. The zero-order valence-corrected chi connectivity index (χ0v) is 20.2. The van der Waals surface area contributed by atoms with Crippen molar-refractivity contribution in [3.63, 3.8) is 0 Å². The normalized spacial score (nSPS) is 11.1. The number of aromatic nitrogens is 2. The van der Waals surface area contributed by atoms with Gasteiger partial charge in [-0.2, -0.15) is 0 Å². The molecule has 8 heteroatoms. The van der Waals surface area contributed by atoms with Gasteiger partial charge in [0.05, 0.1) is 34.8 Å². The van der Waals surface area contributed by atoms with Crippen molar-refractivity contribution >= 4 is 39.1 Å². The first-order valence-corrected chi connectivity index (χ1v) is 11.7. The van der Waals surface area contributed by atoms with Gasteiger partial charge in [0, 0.05) is 5.69 Å². The molecule has 0 aliphatic heterocycles. The number of esters is 1. The lowest BCUT2D eigenvalue weighted by atomic mass is 10.1. The van der Waals surface area contributed by atoms with Crippen molar-refractivity contribution < 1.29 is 14.3 Å². The molecule has 0 saturated heterocycles. The van der Waals surface area contributed by atoms with E-state index in [0.717, 1.165) is 16.8 Å². The fourth-order valence-electron chi connectivity index (χ4n) is 3.61. The summed E-state index contributed by atoms with van der Waals surface area (Å²) in [7, 11) is 0. The molecule has 4 rings (SSSR count). The molecular weight excluding hydrogens is 450 g/mol. The summed E-state index contributed by atoms with van der Waals surface area (Å²) in [6.07, 6.45) is 1.30. The van der Waals surface area contributed by atoms with E-state index < -0.39 is 0 Å². The second-order valence-electron chi connectivity index (χ2n) is 8.33. The third kappa shape index (κ3) is 4.77. The number of hydrogen-bond donors (Lipinski definition) is 1. The molecule has 0 fully saturated rings. The van der Waals surface area contributed by atoms with Crippen LogP contribution < -0.4 is 10.9 Å². The summed E-state index contributed by atoms with van der Waals surface area (Å²) in [5, 5.41) is 3.37. The molecule has 0 bridgehead atoms. The van der Waals surface area contributed by atoms with Gasteiger partial charge in [0.2, 0.25) is 0 Å². The second-order valence-corrected chi connectivity index (χ2v) is 9.33. The number of benzene rings is 2. The van der Waals surface area contributed by atoms with Gasteiger partial charge in [-0.15, -0.1) is 11.3 Å². The number of thiophene rings is 1. The van der Waals surface area contributed by atoms with Crippen LogP contribution in [-0.2, 0) is 11.3 Å². The van der Waals surface area contributed by atoms with Crippen molar-refractivity contribution in [2.24, 2.45) is 0 Å². The molecule has 34 heavy (non-hydrogen) atoms. The van der Waals surface area contributed by atoms with Crippen LogP contribution in [0.4, 0.5) is 5.69 Å². The van der Waals surface area contributed by atoms with Crippen LogP contribution in [0.5, 0.6) is 0 Å². The highest BCUT2D eigenvalue weighted by Crippen LogP contribution is 2.28. The van der Waals surface area contributed by atoms with Crippen LogP contribution in [0.2, 0.25) is 0 Å². The van der Waals surface area contributed by atoms with Crippen LogP contribution >= 0.6 is 11.3 Å². The molecule has 7 nitrogen and oxygen atoms in total. The summed E-state index contributed by atoms with van der Waals surface area (Å²) in [5.74, 6) is -0.642. The highest BCUT2D eigenvalue weighted by Gasteiger charge is 2.20. The van der Waals surface area contributed by atoms with Gasteiger partial charge in [0.25, 0.3) is 11.5 Å². The summed E-state index contributed by atoms with van der Waals surface area (Å²) >= 11 is 1.21. The lowest BCUT2D eigenvalue weighted by molar-refractivity contribution is 0.0378. The molecule has 1 N–H and O–H groups in total. The van der Waals surface area contributed by atoms with E-state index in [1.807, 2.05) is 31.2 Å². The molecule has 1 amide bonds. The van der Waals surface area contributed by atoms with Gasteiger partial charge in [-0.1, -0.05) is 30.3 Å². The van der Waals surface area contributed by atoms with E-state index in [0.29, 0.717) is 32.8 Å². The third-order valence-electron chi connectivity index (χ3n) is 5.40. The molecule has 0 spiro atoms. The Hall–Kier alpha value is -3.78.